The molecule has 0 atom stereocenters. The van der Waals surface area contributed by atoms with Crippen LogP contribution in [-0.4, -0.2) is 24.3 Å². The van der Waals surface area contributed by atoms with Gasteiger partial charge < -0.3 is 14.6 Å². The standard InChI is InChI=1S/C15H18O4/c1-10-11(15(14(16)17)6-2-7-15)4-5-12-13(10)19-9-3-8-18-12/h4-5H,2-3,6-9H2,1H3,(H,16,17). The first-order chi connectivity index (χ1) is 9.15. The quantitative estimate of drug-likeness (QED) is 0.890. The van der Waals surface area contributed by atoms with Gasteiger partial charge in [-0.05, 0) is 37.0 Å². The summed E-state index contributed by atoms with van der Waals surface area (Å²) in [7, 11) is 0. The SMILES string of the molecule is Cc1c(C2(C(=O)O)CCC2)ccc2c1OCCCO2. The van der Waals surface area contributed by atoms with Gasteiger partial charge in [-0.3, -0.25) is 4.79 Å². The molecule has 1 N–H and O–H groups in total. The summed E-state index contributed by atoms with van der Waals surface area (Å²) in [6, 6.07) is 3.75. The summed E-state index contributed by atoms with van der Waals surface area (Å²) in [5, 5.41) is 9.55. The number of carboxylic acid groups (broad SMARTS) is 1. The van der Waals surface area contributed by atoms with Crippen molar-refractivity contribution in [2.45, 2.75) is 38.0 Å². The van der Waals surface area contributed by atoms with Gasteiger partial charge in [0.15, 0.2) is 11.5 Å². The summed E-state index contributed by atoms with van der Waals surface area (Å²) in [5.41, 5.74) is 1.09. The number of rotatable bonds is 2. The van der Waals surface area contributed by atoms with Crippen molar-refractivity contribution in [3.63, 3.8) is 0 Å². The number of carbonyl (C=O) groups is 1. The largest absolute Gasteiger partial charge is 0.490 e. The van der Waals surface area contributed by atoms with Crippen LogP contribution in [0.1, 0.15) is 36.8 Å². The van der Waals surface area contributed by atoms with E-state index in [1.165, 1.54) is 0 Å². The number of hydrogen-bond donors (Lipinski definition) is 1. The van der Waals surface area contributed by atoms with Crippen molar-refractivity contribution in [1.82, 2.24) is 0 Å². The third-order valence-corrected chi connectivity index (χ3v) is 4.29. The van der Waals surface area contributed by atoms with Crippen LogP contribution in [-0.2, 0) is 10.2 Å². The molecule has 1 aliphatic carbocycles. The van der Waals surface area contributed by atoms with Crippen LogP contribution in [0.4, 0.5) is 0 Å². The van der Waals surface area contributed by atoms with E-state index in [1.54, 1.807) is 0 Å². The average Bonchev–Trinajstić information content (AvgIpc) is 2.55. The fourth-order valence-corrected chi connectivity index (χ4v) is 3.02. The molecule has 0 amide bonds. The Labute approximate surface area is 112 Å². The van der Waals surface area contributed by atoms with Crippen LogP contribution in [0.15, 0.2) is 12.1 Å². The van der Waals surface area contributed by atoms with Crippen molar-refractivity contribution >= 4 is 5.97 Å². The van der Waals surface area contributed by atoms with Gasteiger partial charge in [-0.2, -0.15) is 0 Å². The first-order valence-corrected chi connectivity index (χ1v) is 6.78. The third-order valence-electron chi connectivity index (χ3n) is 4.29. The molecule has 0 spiro atoms. The maximum atomic E-state index is 11.6. The summed E-state index contributed by atoms with van der Waals surface area (Å²) in [5.74, 6) is 0.734. The van der Waals surface area contributed by atoms with Crippen LogP contribution >= 0.6 is 0 Å². The van der Waals surface area contributed by atoms with Crippen molar-refractivity contribution in [3.8, 4) is 11.5 Å². The second-order valence-corrected chi connectivity index (χ2v) is 5.36. The molecule has 0 aromatic heterocycles. The minimum atomic E-state index is -0.726. The lowest BCUT2D eigenvalue weighted by Crippen LogP contribution is -2.42. The highest BCUT2D eigenvalue weighted by Crippen LogP contribution is 2.48. The summed E-state index contributed by atoms with van der Waals surface area (Å²) < 4.78 is 11.4. The first kappa shape index (κ1) is 12.3. The highest BCUT2D eigenvalue weighted by atomic mass is 16.5. The van der Waals surface area contributed by atoms with Crippen LogP contribution in [0.25, 0.3) is 0 Å². The Hall–Kier alpha value is -1.71. The Morgan fingerprint density at radius 3 is 2.58 bits per heavy atom. The van der Waals surface area contributed by atoms with Gasteiger partial charge in [-0.1, -0.05) is 12.5 Å². The number of carboxylic acids is 1. The van der Waals surface area contributed by atoms with Crippen LogP contribution < -0.4 is 9.47 Å². The van der Waals surface area contributed by atoms with E-state index in [-0.39, 0.29) is 0 Å². The molecule has 1 heterocycles. The number of benzene rings is 1. The Balaban J connectivity index is 2.08. The fraction of sp³-hybridized carbons (Fsp3) is 0.533. The molecule has 1 fully saturated rings. The van der Waals surface area contributed by atoms with E-state index >= 15 is 0 Å². The zero-order valence-corrected chi connectivity index (χ0v) is 11.1. The molecular formula is C15H18O4. The van der Waals surface area contributed by atoms with E-state index in [0.717, 1.165) is 35.5 Å². The Bertz CT molecular complexity index is 517. The maximum Gasteiger partial charge on any atom is 0.314 e. The molecule has 3 rings (SSSR count). The van der Waals surface area contributed by atoms with Gasteiger partial charge in [-0.25, -0.2) is 0 Å². The minimum Gasteiger partial charge on any atom is -0.490 e. The number of fused-ring (bicyclic) bond motifs is 1. The van der Waals surface area contributed by atoms with E-state index in [9.17, 15) is 9.90 Å². The summed E-state index contributed by atoms with van der Waals surface area (Å²) in [4.78, 5) is 11.6. The molecule has 1 saturated carbocycles. The predicted octanol–water partition coefficient (Wildman–Crippen LogP) is 2.66. The van der Waals surface area contributed by atoms with Crippen molar-refractivity contribution in [3.05, 3.63) is 23.3 Å². The van der Waals surface area contributed by atoms with Gasteiger partial charge in [0.05, 0.1) is 18.6 Å². The normalized spacial score (nSPS) is 20.3. The molecule has 0 radical (unpaired) electrons. The fourth-order valence-electron chi connectivity index (χ4n) is 3.02. The van der Waals surface area contributed by atoms with Crippen LogP contribution in [0.5, 0.6) is 11.5 Å². The van der Waals surface area contributed by atoms with E-state index in [0.29, 0.717) is 26.1 Å². The van der Waals surface area contributed by atoms with Gasteiger partial charge in [0.25, 0.3) is 0 Å². The lowest BCUT2D eigenvalue weighted by molar-refractivity contribution is -0.147. The molecule has 1 aromatic rings. The molecule has 2 aliphatic rings. The molecule has 0 unspecified atom stereocenters. The van der Waals surface area contributed by atoms with E-state index < -0.39 is 11.4 Å². The van der Waals surface area contributed by atoms with Crippen molar-refractivity contribution in [2.75, 3.05) is 13.2 Å². The monoisotopic (exact) mass is 262 g/mol. The number of hydrogen-bond acceptors (Lipinski definition) is 3. The maximum absolute atomic E-state index is 11.6. The third kappa shape index (κ3) is 1.78. The summed E-state index contributed by atoms with van der Waals surface area (Å²) >= 11 is 0. The molecule has 102 valence electrons. The molecular weight excluding hydrogens is 244 g/mol. The van der Waals surface area contributed by atoms with Crippen molar-refractivity contribution in [2.24, 2.45) is 0 Å². The summed E-state index contributed by atoms with van der Waals surface area (Å²) in [6.45, 7) is 3.21. The molecule has 1 aliphatic heterocycles. The van der Waals surface area contributed by atoms with Crippen molar-refractivity contribution in [1.29, 1.82) is 0 Å². The second kappa shape index (κ2) is 4.44. The lowest BCUT2D eigenvalue weighted by atomic mass is 9.63. The molecule has 0 bridgehead atoms. The minimum absolute atomic E-state index is 0.622. The Kier molecular flexibility index (Phi) is 2.88. The van der Waals surface area contributed by atoms with Crippen LogP contribution in [0, 0.1) is 6.92 Å². The molecule has 0 saturated heterocycles. The topological polar surface area (TPSA) is 55.8 Å². The molecule has 4 heteroatoms. The Morgan fingerprint density at radius 2 is 1.95 bits per heavy atom. The number of ether oxygens (including phenoxy) is 2. The smallest absolute Gasteiger partial charge is 0.314 e. The molecule has 4 nitrogen and oxygen atoms in total. The highest BCUT2D eigenvalue weighted by Gasteiger charge is 2.47. The lowest BCUT2D eigenvalue weighted by Gasteiger charge is -2.39. The van der Waals surface area contributed by atoms with E-state index in [4.69, 9.17) is 9.47 Å². The van der Waals surface area contributed by atoms with Crippen LogP contribution in [0.2, 0.25) is 0 Å². The zero-order valence-electron chi connectivity index (χ0n) is 11.1. The average molecular weight is 262 g/mol. The van der Waals surface area contributed by atoms with Gasteiger partial charge in [-0.15, -0.1) is 0 Å². The summed E-state index contributed by atoms with van der Waals surface area (Å²) in [6.07, 6.45) is 3.25. The van der Waals surface area contributed by atoms with E-state index in [1.807, 2.05) is 19.1 Å². The number of aliphatic carboxylic acids is 1. The van der Waals surface area contributed by atoms with Gasteiger partial charge in [0.1, 0.15) is 0 Å². The van der Waals surface area contributed by atoms with Crippen molar-refractivity contribution < 1.29 is 19.4 Å². The molecule has 19 heavy (non-hydrogen) atoms. The van der Waals surface area contributed by atoms with Gasteiger partial charge in [0.2, 0.25) is 0 Å². The van der Waals surface area contributed by atoms with Gasteiger partial charge >= 0.3 is 5.97 Å². The Morgan fingerprint density at radius 1 is 1.21 bits per heavy atom. The predicted molar refractivity (Wildman–Crippen MR) is 70.0 cm³/mol. The van der Waals surface area contributed by atoms with E-state index in [2.05, 4.69) is 0 Å². The first-order valence-electron chi connectivity index (χ1n) is 6.78. The van der Waals surface area contributed by atoms with Gasteiger partial charge in [0, 0.05) is 6.42 Å². The van der Waals surface area contributed by atoms with Crippen LogP contribution in [0.3, 0.4) is 0 Å². The molecule has 1 aromatic carbocycles. The zero-order chi connectivity index (χ0) is 13.5. The highest BCUT2D eigenvalue weighted by molar-refractivity contribution is 5.83. The second-order valence-electron chi connectivity index (χ2n) is 5.36.